The molecule has 1 fully saturated rings. The maximum absolute atomic E-state index is 13.5. The Kier molecular flexibility index (Phi) is 10.7. The maximum Gasteiger partial charge on any atom is 0.247 e. The van der Waals surface area contributed by atoms with Crippen molar-refractivity contribution in [3.63, 3.8) is 0 Å². The number of rotatable bonds is 13. The van der Waals surface area contributed by atoms with E-state index in [0.717, 1.165) is 25.7 Å². The molecule has 0 unspecified atom stereocenters. The highest BCUT2D eigenvalue weighted by molar-refractivity contribution is 5.94. The lowest BCUT2D eigenvalue weighted by molar-refractivity contribution is -0.142. The molecule has 1 aliphatic carbocycles. The molecule has 36 heavy (non-hydrogen) atoms. The first-order valence-electron chi connectivity index (χ1n) is 12.5. The Morgan fingerprint density at radius 1 is 1.08 bits per heavy atom. The summed E-state index contributed by atoms with van der Waals surface area (Å²) in [5.41, 5.74) is 0.677. The lowest BCUT2D eigenvalue weighted by Gasteiger charge is -2.32. The number of hydrogen-bond donors (Lipinski definition) is 2. The normalized spacial score (nSPS) is 14.2. The Bertz CT molecular complexity index is 977. The summed E-state index contributed by atoms with van der Waals surface area (Å²) in [6, 6.07) is 11.7. The van der Waals surface area contributed by atoms with Crippen LogP contribution in [0.2, 0.25) is 0 Å². The third kappa shape index (κ3) is 8.05. The number of pyridine rings is 1. The molecule has 1 aliphatic rings. The Balaban J connectivity index is 1.78. The molecule has 2 aromatic rings. The second kappa shape index (κ2) is 14.2. The molecular weight excluding hydrogens is 460 g/mol. The first kappa shape index (κ1) is 27.1. The molecule has 1 saturated carbocycles. The third-order valence-corrected chi connectivity index (χ3v) is 6.12. The van der Waals surface area contributed by atoms with Crippen LogP contribution in [0.3, 0.4) is 0 Å². The molecule has 9 heteroatoms. The number of amides is 3. The SMILES string of the molecule is CCOc1ccc([C@@H](C(=O)NC2CCCC2)N(CCOC)C(=O)CCC(=O)Nc2ccccn2)cc1. The molecule has 0 aliphatic heterocycles. The Hall–Kier alpha value is -3.46. The minimum absolute atomic E-state index is 0.0286. The number of methoxy groups -OCH3 is 1. The van der Waals surface area contributed by atoms with E-state index in [9.17, 15) is 14.4 Å². The topological polar surface area (TPSA) is 110 Å². The van der Waals surface area contributed by atoms with E-state index in [1.165, 1.54) is 4.90 Å². The quantitative estimate of drug-likeness (QED) is 0.439. The van der Waals surface area contributed by atoms with Gasteiger partial charge in [-0.05, 0) is 49.6 Å². The van der Waals surface area contributed by atoms with Crippen LogP contribution in [0.5, 0.6) is 5.75 Å². The highest BCUT2D eigenvalue weighted by Gasteiger charge is 2.33. The Labute approximate surface area is 212 Å². The minimum Gasteiger partial charge on any atom is -0.494 e. The molecule has 1 aromatic carbocycles. The van der Waals surface area contributed by atoms with Crippen molar-refractivity contribution in [2.24, 2.45) is 0 Å². The van der Waals surface area contributed by atoms with Crippen molar-refractivity contribution in [3.8, 4) is 5.75 Å². The van der Waals surface area contributed by atoms with Crippen LogP contribution in [0.1, 0.15) is 57.1 Å². The summed E-state index contributed by atoms with van der Waals surface area (Å²) in [7, 11) is 1.55. The lowest BCUT2D eigenvalue weighted by atomic mass is 10.0. The molecule has 2 N–H and O–H groups in total. The molecule has 0 saturated heterocycles. The second-order valence-corrected chi connectivity index (χ2v) is 8.74. The van der Waals surface area contributed by atoms with Gasteiger partial charge in [0.25, 0.3) is 0 Å². The van der Waals surface area contributed by atoms with E-state index >= 15 is 0 Å². The van der Waals surface area contributed by atoms with Crippen molar-refractivity contribution in [1.29, 1.82) is 0 Å². The predicted octanol–water partition coefficient (Wildman–Crippen LogP) is 3.47. The second-order valence-electron chi connectivity index (χ2n) is 8.74. The van der Waals surface area contributed by atoms with Gasteiger partial charge in [-0.25, -0.2) is 4.98 Å². The van der Waals surface area contributed by atoms with E-state index in [1.807, 2.05) is 19.1 Å². The summed E-state index contributed by atoms with van der Waals surface area (Å²) < 4.78 is 10.8. The number of carbonyl (C=O) groups is 3. The molecule has 1 heterocycles. The van der Waals surface area contributed by atoms with Crippen LogP contribution < -0.4 is 15.4 Å². The average molecular weight is 497 g/mol. The smallest absolute Gasteiger partial charge is 0.247 e. The van der Waals surface area contributed by atoms with Crippen molar-refractivity contribution in [2.45, 2.75) is 57.5 Å². The van der Waals surface area contributed by atoms with Gasteiger partial charge in [-0.1, -0.05) is 31.0 Å². The van der Waals surface area contributed by atoms with Crippen molar-refractivity contribution >= 4 is 23.5 Å². The van der Waals surface area contributed by atoms with Crippen LogP contribution >= 0.6 is 0 Å². The molecule has 3 amide bonds. The van der Waals surface area contributed by atoms with E-state index in [1.54, 1.807) is 43.6 Å². The van der Waals surface area contributed by atoms with Crippen molar-refractivity contribution in [2.75, 3.05) is 32.2 Å². The fraction of sp³-hybridized carbons (Fsp3) is 0.481. The van der Waals surface area contributed by atoms with Gasteiger partial charge in [0.05, 0.1) is 13.2 Å². The molecule has 0 radical (unpaired) electrons. The largest absolute Gasteiger partial charge is 0.494 e. The van der Waals surface area contributed by atoms with Crippen LogP contribution in [0.15, 0.2) is 48.7 Å². The molecule has 0 spiro atoms. The molecular formula is C27H36N4O5. The number of nitrogens with one attached hydrogen (secondary N) is 2. The predicted molar refractivity (Wildman–Crippen MR) is 136 cm³/mol. The van der Waals surface area contributed by atoms with Gasteiger partial charge in [0.2, 0.25) is 17.7 Å². The Morgan fingerprint density at radius 3 is 2.47 bits per heavy atom. The number of nitrogens with zero attached hydrogens (tertiary/aromatic N) is 2. The van der Waals surface area contributed by atoms with Crippen LogP contribution in [0, 0.1) is 0 Å². The summed E-state index contributed by atoms with van der Waals surface area (Å²) >= 11 is 0. The van der Waals surface area contributed by atoms with Gasteiger partial charge in [0.15, 0.2) is 0 Å². The highest BCUT2D eigenvalue weighted by Crippen LogP contribution is 2.27. The van der Waals surface area contributed by atoms with Crippen molar-refractivity contribution < 1.29 is 23.9 Å². The zero-order valence-electron chi connectivity index (χ0n) is 21.1. The van der Waals surface area contributed by atoms with Crippen LogP contribution in [-0.2, 0) is 19.1 Å². The number of ether oxygens (including phenoxy) is 2. The number of benzene rings is 1. The van der Waals surface area contributed by atoms with E-state index in [4.69, 9.17) is 9.47 Å². The minimum atomic E-state index is -0.845. The summed E-state index contributed by atoms with van der Waals surface area (Å²) in [6.07, 6.45) is 5.53. The monoisotopic (exact) mass is 496 g/mol. The summed E-state index contributed by atoms with van der Waals surface area (Å²) in [4.78, 5) is 44.9. The van der Waals surface area contributed by atoms with E-state index < -0.39 is 6.04 Å². The number of anilines is 1. The van der Waals surface area contributed by atoms with E-state index in [2.05, 4.69) is 15.6 Å². The van der Waals surface area contributed by atoms with Crippen LogP contribution in [0.4, 0.5) is 5.82 Å². The maximum atomic E-state index is 13.5. The van der Waals surface area contributed by atoms with Crippen LogP contribution in [-0.4, -0.2) is 60.5 Å². The number of carbonyl (C=O) groups excluding carboxylic acids is 3. The lowest BCUT2D eigenvalue weighted by Crippen LogP contribution is -2.47. The zero-order chi connectivity index (χ0) is 25.8. The molecule has 1 aromatic heterocycles. The third-order valence-electron chi connectivity index (χ3n) is 6.12. The van der Waals surface area contributed by atoms with Gasteiger partial charge in [0, 0.05) is 38.7 Å². The van der Waals surface area contributed by atoms with E-state index in [-0.39, 0.29) is 49.8 Å². The van der Waals surface area contributed by atoms with Crippen molar-refractivity contribution in [1.82, 2.24) is 15.2 Å². The van der Waals surface area contributed by atoms with Gasteiger partial charge in [-0.2, -0.15) is 0 Å². The summed E-state index contributed by atoms with van der Waals surface area (Å²) in [5, 5.41) is 5.82. The first-order chi connectivity index (χ1) is 17.5. The fourth-order valence-corrected chi connectivity index (χ4v) is 4.33. The summed E-state index contributed by atoms with van der Waals surface area (Å²) in [5.74, 6) is 0.269. The van der Waals surface area contributed by atoms with Gasteiger partial charge in [-0.3, -0.25) is 14.4 Å². The van der Waals surface area contributed by atoms with E-state index in [0.29, 0.717) is 23.7 Å². The average Bonchev–Trinajstić information content (AvgIpc) is 3.39. The molecule has 194 valence electrons. The first-order valence-corrected chi connectivity index (χ1v) is 12.5. The highest BCUT2D eigenvalue weighted by atomic mass is 16.5. The molecule has 0 bridgehead atoms. The fourth-order valence-electron chi connectivity index (χ4n) is 4.33. The van der Waals surface area contributed by atoms with Gasteiger partial charge in [-0.15, -0.1) is 0 Å². The number of hydrogen-bond acceptors (Lipinski definition) is 6. The van der Waals surface area contributed by atoms with Crippen LogP contribution in [0.25, 0.3) is 0 Å². The Morgan fingerprint density at radius 2 is 1.83 bits per heavy atom. The molecule has 3 rings (SSSR count). The van der Waals surface area contributed by atoms with Gasteiger partial charge < -0.3 is 25.0 Å². The van der Waals surface area contributed by atoms with Gasteiger partial charge >= 0.3 is 0 Å². The van der Waals surface area contributed by atoms with Gasteiger partial charge in [0.1, 0.15) is 17.6 Å². The molecule has 1 atom stereocenters. The number of aromatic nitrogens is 1. The zero-order valence-corrected chi connectivity index (χ0v) is 21.1. The van der Waals surface area contributed by atoms with Crippen molar-refractivity contribution in [3.05, 3.63) is 54.2 Å². The summed E-state index contributed by atoms with van der Waals surface area (Å²) in [6.45, 7) is 2.91. The standard InChI is InChI=1S/C27H36N4O5/c1-3-36-22-13-11-20(12-14-22)26(27(34)29-21-8-4-5-9-21)31(18-19-35-2)25(33)16-15-24(32)30-23-10-6-7-17-28-23/h6-7,10-14,17,21,26H,3-5,8-9,15-16,18-19H2,1-2H3,(H,29,34)(H,28,30,32)/t26-/m0/s1. The molecule has 9 nitrogen and oxygen atoms in total.